The summed E-state index contributed by atoms with van der Waals surface area (Å²) in [4.78, 5) is 16.8. The first-order chi connectivity index (χ1) is 13.0. The van der Waals surface area contributed by atoms with E-state index in [1.165, 1.54) is 26.1 Å². The van der Waals surface area contributed by atoms with Gasteiger partial charge in [-0.05, 0) is 23.8 Å². The number of rotatable bonds is 3. The van der Waals surface area contributed by atoms with Gasteiger partial charge in [-0.25, -0.2) is 4.98 Å². The first kappa shape index (κ1) is 20.9. The number of benzene rings is 1. The lowest BCUT2D eigenvalue weighted by Crippen LogP contribution is -2.47. The Morgan fingerprint density at radius 3 is 2.64 bits per heavy atom. The van der Waals surface area contributed by atoms with E-state index >= 15 is 0 Å². The lowest BCUT2D eigenvalue weighted by Gasteiger charge is -2.37. The molecule has 2 unspecified atom stereocenters. The van der Waals surface area contributed by atoms with Gasteiger partial charge in [-0.15, -0.1) is 0 Å². The predicted molar refractivity (Wildman–Crippen MR) is 101 cm³/mol. The molecule has 3 rings (SSSR count). The molecular formula is C18H15BrClF3N2O3. The molecule has 0 radical (unpaired) electrons. The topological polar surface area (TPSA) is 62.7 Å². The summed E-state index contributed by atoms with van der Waals surface area (Å²) in [5.74, 6) is -1.88. The molecule has 1 amide bonds. The van der Waals surface area contributed by atoms with Crippen molar-refractivity contribution in [3.05, 3.63) is 51.1 Å². The fraction of sp³-hybridized carbons (Fsp3) is 0.333. The number of halogens is 5. The molecule has 0 saturated heterocycles. The summed E-state index contributed by atoms with van der Waals surface area (Å²) in [7, 11) is 1.40. The van der Waals surface area contributed by atoms with Crippen LogP contribution in [0.25, 0.3) is 0 Å². The molecule has 2 aromatic rings. The summed E-state index contributed by atoms with van der Waals surface area (Å²) in [5, 5.41) is 11.0. The molecule has 0 saturated carbocycles. The van der Waals surface area contributed by atoms with Gasteiger partial charge < -0.3 is 14.7 Å². The minimum atomic E-state index is -5.04. The first-order valence-electron chi connectivity index (χ1n) is 8.10. The first-order valence-corrected chi connectivity index (χ1v) is 9.27. The van der Waals surface area contributed by atoms with Crippen LogP contribution < -0.4 is 9.64 Å². The number of aromatic nitrogens is 1. The average Bonchev–Trinajstić information content (AvgIpc) is 2.62. The molecule has 5 nitrogen and oxygen atoms in total. The molecule has 1 aliphatic heterocycles. The molecule has 1 aliphatic rings. The number of hydrogen-bond donors (Lipinski definition) is 1. The van der Waals surface area contributed by atoms with Crippen molar-refractivity contribution in [3.63, 3.8) is 0 Å². The zero-order valence-corrected chi connectivity index (χ0v) is 17.1. The highest BCUT2D eigenvalue weighted by molar-refractivity contribution is 9.10. The molecule has 0 fully saturated rings. The molecule has 2 heterocycles. The summed E-state index contributed by atoms with van der Waals surface area (Å²) >= 11 is 9.33. The van der Waals surface area contributed by atoms with Crippen LogP contribution in [0.5, 0.6) is 5.88 Å². The maximum Gasteiger partial charge on any atom is 0.422 e. The monoisotopic (exact) mass is 478 g/mol. The van der Waals surface area contributed by atoms with Crippen molar-refractivity contribution in [2.75, 3.05) is 18.6 Å². The van der Waals surface area contributed by atoms with Crippen molar-refractivity contribution in [1.29, 1.82) is 0 Å². The van der Waals surface area contributed by atoms with E-state index in [4.69, 9.17) is 16.3 Å². The number of carbonyl (C=O) groups is 1. The van der Waals surface area contributed by atoms with Crippen LogP contribution in [0.15, 0.2) is 34.9 Å². The fourth-order valence-corrected chi connectivity index (χ4v) is 3.94. The second kappa shape index (κ2) is 7.20. The highest BCUT2D eigenvalue weighted by Gasteiger charge is 2.59. The van der Waals surface area contributed by atoms with Crippen LogP contribution in [0.3, 0.4) is 0 Å². The normalized spacial score (nSPS) is 17.6. The van der Waals surface area contributed by atoms with Crippen LogP contribution in [0.1, 0.15) is 24.0 Å². The number of fused-ring (bicyclic) bond motifs is 1. The number of carbonyl (C=O) groups excluding carboxylic acids is 1. The third kappa shape index (κ3) is 3.35. The van der Waals surface area contributed by atoms with Gasteiger partial charge >= 0.3 is 6.18 Å². The lowest BCUT2D eigenvalue weighted by atomic mass is 9.78. The summed E-state index contributed by atoms with van der Waals surface area (Å²) in [5.41, 5.74) is -3.66. The van der Waals surface area contributed by atoms with Gasteiger partial charge in [0.2, 0.25) is 5.88 Å². The largest absolute Gasteiger partial charge is 0.466 e. The number of aliphatic hydroxyl groups is 1. The number of pyridine rings is 1. The quantitative estimate of drug-likeness (QED) is 0.709. The average molecular weight is 480 g/mol. The second-order valence-electron chi connectivity index (χ2n) is 6.44. The standard InChI is InChI=1S/C18H15BrClF3N2O3/c1-9(12-4-3-11(19)6-13(12)20)17(27,18(21,22)23)10-5-14-16(24-7-10)28-8-15(26)25(14)2/h3-7,9,27H,8H2,1-2H3. The molecule has 0 spiro atoms. The highest BCUT2D eigenvalue weighted by Crippen LogP contribution is 2.50. The number of hydrogen-bond acceptors (Lipinski definition) is 4. The van der Waals surface area contributed by atoms with Crippen molar-refractivity contribution in [3.8, 4) is 5.88 Å². The number of ether oxygens (including phenoxy) is 1. The van der Waals surface area contributed by atoms with Crippen LogP contribution >= 0.6 is 27.5 Å². The van der Waals surface area contributed by atoms with Crippen LogP contribution in [0.4, 0.5) is 18.9 Å². The van der Waals surface area contributed by atoms with Gasteiger partial charge in [0.1, 0.15) is 5.69 Å². The zero-order valence-electron chi connectivity index (χ0n) is 14.7. The Labute approximate surface area is 172 Å². The van der Waals surface area contributed by atoms with Crippen molar-refractivity contribution in [2.24, 2.45) is 0 Å². The Balaban J connectivity index is 2.16. The number of amides is 1. The van der Waals surface area contributed by atoms with Crippen molar-refractivity contribution < 1.29 is 27.8 Å². The third-order valence-corrected chi connectivity index (χ3v) is 5.65. The summed E-state index contributed by atoms with van der Waals surface area (Å²) in [6.45, 7) is 0.970. The van der Waals surface area contributed by atoms with Gasteiger partial charge in [-0.3, -0.25) is 4.79 Å². The smallest absolute Gasteiger partial charge is 0.422 e. The van der Waals surface area contributed by atoms with E-state index in [1.54, 1.807) is 6.07 Å². The second-order valence-corrected chi connectivity index (χ2v) is 7.76. The molecule has 0 aliphatic carbocycles. The van der Waals surface area contributed by atoms with Crippen molar-refractivity contribution in [1.82, 2.24) is 4.98 Å². The van der Waals surface area contributed by atoms with Crippen molar-refractivity contribution in [2.45, 2.75) is 24.6 Å². The predicted octanol–water partition coefficient (Wildman–Crippen LogP) is 4.41. The zero-order chi connectivity index (χ0) is 20.9. The lowest BCUT2D eigenvalue weighted by molar-refractivity contribution is -0.274. The molecular weight excluding hydrogens is 465 g/mol. The molecule has 150 valence electrons. The molecule has 2 atom stereocenters. The Morgan fingerprint density at radius 1 is 1.36 bits per heavy atom. The van der Waals surface area contributed by atoms with E-state index in [0.717, 1.165) is 17.2 Å². The van der Waals surface area contributed by atoms with Crippen LogP contribution in [0.2, 0.25) is 5.02 Å². The molecule has 0 bridgehead atoms. The Morgan fingerprint density at radius 2 is 2.04 bits per heavy atom. The third-order valence-electron chi connectivity index (χ3n) is 4.83. The van der Waals surface area contributed by atoms with E-state index in [9.17, 15) is 23.1 Å². The minimum Gasteiger partial charge on any atom is -0.466 e. The van der Waals surface area contributed by atoms with Gasteiger partial charge in [0.05, 0.1) is 0 Å². The maximum absolute atomic E-state index is 14.1. The van der Waals surface area contributed by atoms with Crippen LogP contribution in [-0.2, 0) is 10.4 Å². The summed E-state index contributed by atoms with van der Waals surface area (Å²) in [6, 6.07) is 5.48. The van der Waals surface area contributed by atoms with Gasteiger partial charge in [0, 0.05) is 34.2 Å². The van der Waals surface area contributed by atoms with E-state index in [-0.39, 0.29) is 28.8 Å². The Kier molecular flexibility index (Phi) is 5.37. The number of alkyl halides is 3. The Bertz CT molecular complexity index is 941. The summed E-state index contributed by atoms with van der Waals surface area (Å²) in [6.07, 6.45) is -4.14. The molecule has 1 aromatic carbocycles. The van der Waals surface area contributed by atoms with Gasteiger partial charge in [0.25, 0.3) is 5.91 Å². The Hall–Kier alpha value is -1.84. The van der Waals surface area contributed by atoms with Gasteiger partial charge in [0.15, 0.2) is 12.2 Å². The molecule has 1 N–H and O–H groups in total. The van der Waals surface area contributed by atoms with E-state index in [2.05, 4.69) is 20.9 Å². The minimum absolute atomic E-state index is 0.0182. The SMILES string of the molecule is CC(c1ccc(Br)cc1Cl)C(O)(c1cnc2c(c1)N(C)C(=O)CO2)C(F)(F)F. The van der Waals surface area contributed by atoms with Gasteiger partial charge in [-0.1, -0.05) is 40.5 Å². The number of anilines is 1. The number of likely N-dealkylation sites (N-methyl/N-ethyl adjacent to an activating group) is 1. The van der Waals surface area contributed by atoms with E-state index in [0.29, 0.717) is 4.47 Å². The fourth-order valence-electron chi connectivity index (χ4n) is 3.10. The molecule has 1 aromatic heterocycles. The van der Waals surface area contributed by atoms with Crippen LogP contribution in [0, 0.1) is 0 Å². The number of nitrogens with zero attached hydrogens (tertiary/aromatic N) is 2. The van der Waals surface area contributed by atoms with E-state index in [1.807, 2.05) is 0 Å². The van der Waals surface area contributed by atoms with Crippen LogP contribution in [-0.4, -0.2) is 35.8 Å². The van der Waals surface area contributed by atoms with Gasteiger partial charge in [-0.2, -0.15) is 13.2 Å². The maximum atomic E-state index is 14.1. The molecule has 10 heteroatoms. The summed E-state index contributed by atoms with van der Waals surface area (Å²) < 4.78 is 48.0. The molecule has 28 heavy (non-hydrogen) atoms. The van der Waals surface area contributed by atoms with Crippen molar-refractivity contribution >= 4 is 39.1 Å². The highest BCUT2D eigenvalue weighted by atomic mass is 79.9. The van der Waals surface area contributed by atoms with E-state index < -0.39 is 29.2 Å².